The van der Waals surface area contributed by atoms with E-state index in [0.717, 1.165) is 16.8 Å². The van der Waals surface area contributed by atoms with Gasteiger partial charge in [0.15, 0.2) is 11.5 Å². The van der Waals surface area contributed by atoms with Crippen LogP contribution in [-0.4, -0.2) is 47.2 Å². The smallest absolute Gasteiger partial charge is 0.337 e. The van der Waals surface area contributed by atoms with Gasteiger partial charge in [-0.05, 0) is 49.7 Å². The Morgan fingerprint density at radius 3 is 2.38 bits per heavy atom. The highest BCUT2D eigenvalue weighted by Gasteiger charge is 2.25. The first-order chi connectivity index (χ1) is 18.9. The van der Waals surface area contributed by atoms with Gasteiger partial charge in [0.1, 0.15) is 12.1 Å². The second kappa shape index (κ2) is 10.7. The number of carboxylic acid groups (broad SMARTS) is 1. The van der Waals surface area contributed by atoms with Gasteiger partial charge in [0.05, 0.1) is 33.9 Å². The van der Waals surface area contributed by atoms with Gasteiger partial charge < -0.3 is 20.2 Å². The highest BCUT2D eigenvalue weighted by atomic mass is 16.4. The molecule has 0 saturated carbocycles. The monoisotopic (exact) mass is 517 g/mol. The van der Waals surface area contributed by atoms with Crippen molar-refractivity contribution in [2.75, 3.05) is 41.3 Å². The van der Waals surface area contributed by atoms with E-state index in [1.165, 1.54) is 0 Å². The molecule has 0 spiro atoms. The summed E-state index contributed by atoms with van der Waals surface area (Å²) < 4.78 is 0. The molecule has 39 heavy (non-hydrogen) atoms. The highest BCUT2D eigenvalue weighted by molar-refractivity contribution is 5.94. The average molecular weight is 518 g/mol. The van der Waals surface area contributed by atoms with Crippen LogP contribution in [0.4, 0.5) is 17.2 Å². The number of piperazine rings is 1. The van der Waals surface area contributed by atoms with Crippen molar-refractivity contribution >= 4 is 34.2 Å². The van der Waals surface area contributed by atoms with Crippen LogP contribution in [0.25, 0.3) is 11.0 Å². The molecule has 1 saturated heterocycles. The van der Waals surface area contributed by atoms with Crippen LogP contribution in [0.1, 0.15) is 45.7 Å². The van der Waals surface area contributed by atoms with Crippen molar-refractivity contribution in [1.82, 2.24) is 9.97 Å². The minimum absolute atomic E-state index is 0.190. The van der Waals surface area contributed by atoms with E-state index in [4.69, 9.17) is 4.98 Å². The van der Waals surface area contributed by atoms with Crippen LogP contribution in [0, 0.1) is 29.6 Å². The Bertz CT molecular complexity index is 1650. The van der Waals surface area contributed by atoms with E-state index in [1.807, 2.05) is 50.2 Å². The summed E-state index contributed by atoms with van der Waals surface area (Å²) in [7, 11) is 0. The SMILES string of the molecule is Cc1cc([C@@H](C)Nc2ccccc2C(=O)O)c2nc(N3CCN(c4ccccc4C#N)CC3)c(C#N)nc2c1. The Balaban J connectivity index is 1.48. The molecule has 0 unspecified atom stereocenters. The molecule has 2 heterocycles. The first-order valence-electron chi connectivity index (χ1n) is 12.7. The Hall–Kier alpha value is -5.15. The van der Waals surface area contributed by atoms with Crippen molar-refractivity contribution in [2.24, 2.45) is 0 Å². The largest absolute Gasteiger partial charge is 0.478 e. The second-order valence-corrected chi connectivity index (χ2v) is 9.55. The molecule has 1 aromatic heterocycles. The lowest BCUT2D eigenvalue weighted by Crippen LogP contribution is -2.47. The number of aromatic carboxylic acids is 1. The molecule has 2 N–H and O–H groups in total. The number of nitriles is 2. The molecule has 9 nitrogen and oxygen atoms in total. The number of aromatic nitrogens is 2. The molecule has 0 radical (unpaired) electrons. The number of carbonyl (C=O) groups is 1. The number of nitrogens with one attached hydrogen (secondary N) is 1. The third-order valence-corrected chi connectivity index (χ3v) is 6.97. The number of carboxylic acids is 1. The Kier molecular flexibility index (Phi) is 6.98. The predicted octanol–water partition coefficient (Wildman–Crippen LogP) is 4.88. The minimum Gasteiger partial charge on any atom is -0.478 e. The molecule has 9 heteroatoms. The summed E-state index contributed by atoms with van der Waals surface area (Å²) >= 11 is 0. The Labute approximate surface area is 226 Å². The van der Waals surface area contributed by atoms with Gasteiger partial charge in [-0.3, -0.25) is 0 Å². The Morgan fingerprint density at radius 1 is 0.974 bits per heavy atom. The van der Waals surface area contributed by atoms with Gasteiger partial charge in [0.25, 0.3) is 0 Å². The van der Waals surface area contributed by atoms with Gasteiger partial charge in [0, 0.05) is 37.4 Å². The number of benzene rings is 3. The van der Waals surface area contributed by atoms with Crippen LogP contribution >= 0.6 is 0 Å². The maximum absolute atomic E-state index is 11.7. The molecular weight excluding hydrogens is 490 g/mol. The van der Waals surface area contributed by atoms with Gasteiger partial charge in [-0.15, -0.1) is 0 Å². The summed E-state index contributed by atoms with van der Waals surface area (Å²) in [6.45, 7) is 6.51. The predicted molar refractivity (Wildman–Crippen MR) is 150 cm³/mol. The zero-order valence-corrected chi connectivity index (χ0v) is 21.7. The summed E-state index contributed by atoms with van der Waals surface area (Å²) in [6.07, 6.45) is 0. The number of hydrogen-bond donors (Lipinski definition) is 2. The van der Waals surface area contributed by atoms with Crippen molar-refractivity contribution < 1.29 is 9.90 Å². The summed E-state index contributed by atoms with van der Waals surface area (Å²) in [5, 5.41) is 32.4. The van der Waals surface area contributed by atoms with Gasteiger partial charge in [-0.2, -0.15) is 10.5 Å². The molecule has 1 aliphatic heterocycles. The number of anilines is 3. The van der Waals surface area contributed by atoms with Gasteiger partial charge in [0.2, 0.25) is 0 Å². The van der Waals surface area contributed by atoms with Crippen LogP contribution in [0.15, 0.2) is 60.7 Å². The van der Waals surface area contributed by atoms with Crippen molar-refractivity contribution in [1.29, 1.82) is 10.5 Å². The topological polar surface area (TPSA) is 129 Å². The number of nitrogens with zero attached hydrogens (tertiary/aromatic N) is 6. The third-order valence-electron chi connectivity index (χ3n) is 6.97. The van der Waals surface area contributed by atoms with E-state index in [2.05, 4.69) is 32.2 Å². The highest BCUT2D eigenvalue weighted by Crippen LogP contribution is 2.31. The van der Waals surface area contributed by atoms with Crippen LogP contribution in [0.3, 0.4) is 0 Å². The zero-order chi connectivity index (χ0) is 27.5. The quantitative estimate of drug-likeness (QED) is 0.367. The van der Waals surface area contributed by atoms with E-state index in [9.17, 15) is 20.4 Å². The molecular formula is C30H27N7O2. The lowest BCUT2D eigenvalue weighted by atomic mass is 10.0. The fourth-order valence-electron chi connectivity index (χ4n) is 5.06. The fraction of sp³-hybridized carbons (Fsp3) is 0.233. The van der Waals surface area contributed by atoms with Gasteiger partial charge in [-0.1, -0.05) is 30.3 Å². The molecule has 3 aromatic carbocycles. The Morgan fingerprint density at radius 2 is 1.67 bits per heavy atom. The first kappa shape index (κ1) is 25.5. The van der Waals surface area contributed by atoms with Crippen LogP contribution in [-0.2, 0) is 0 Å². The lowest BCUT2D eigenvalue weighted by molar-refractivity contribution is 0.0698. The van der Waals surface area contributed by atoms with Crippen LogP contribution in [0.5, 0.6) is 0 Å². The van der Waals surface area contributed by atoms with Crippen LogP contribution in [0.2, 0.25) is 0 Å². The number of para-hydroxylation sites is 2. The van der Waals surface area contributed by atoms with Gasteiger partial charge >= 0.3 is 5.97 Å². The summed E-state index contributed by atoms with van der Waals surface area (Å²) in [6, 6.07) is 22.5. The fourth-order valence-corrected chi connectivity index (χ4v) is 5.06. The molecule has 1 atom stereocenters. The molecule has 194 valence electrons. The van der Waals surface area contributed by atoms with E-state index >= 15 is 0 Å². The number of fused-ring (bicyclic) bond motifs is 1. The lowest BCUT2D eigenvalue weighted by Gasteiger charge is -2.37. The molecule has 0 amide bonds. The standard InChI is InChI=1S/C30H27N7O2/c1-19-15-23(20(2)33-24-9-5-4-8-22(24)30(38)39)28-25(16-19)34-26(18-32)29(35-28)37-13-11-36(12-14-37)27-10-6-3-7-21(27)17-31/h3-10,15-16,20,33H,11-14H2,1-2H3,(H,38,39)/t20-/m1/s1. The summed E-state index contributed by atoms with van der Waals surface area (Å²) in [5.41, 5.74) is 5.63. The maximum atomic E-state index is 11.7. The van der Waals surface area contributed by atoms with E-state index in [0.29, 0.717) is 54.3 Å². The number of hydrogen-bond acceptors (Lipinski definition) is 8. The molecule has 5 rings (SSSR count). The number of aryl methyl sites for hydroxylation is 1. The third kappa shape index (κ3) is 5.03. The van der Waals surface area contributed by atoms with Crippen molar-refractivity contribution in [3.8, 4) is 12.1 Å². The molecule has 4 aromatic rings. The normalized spacial score (nSPS) is 13.9. The molecule has 1 fully saturated rings. The van der Waals surface area contributed by atoms with Gasteiger partial charge in [-0.25, -0.2) is 14.8 Å². The van der Waals surface area contributed by atoms with E-state index in [-0.39, 0.29) is 17.3 Å². The number of rotatable bonds is 6. The maximum Gasteiger partial charge on any atom is 0.337 e. The summed E-state index contributed by atoms with van der Waals surface area (Å²) in [4.78, 5) is 25.6. The molecule has 0 aliphatic carbocycles. The van der Waals surface area contributed by atoms with E-state index < -0.39 is 5.97 Å². The summed E-state index contributed by atoms with van der Waals surface area (Å²) in [5.74, 6) is -0.474. The van der Waals surface area contributed by atoms with E-state index in [1.54, 1.807) is 24.3 Å². The molecule has 1 aliphatic rings. The van der Waals surface area contributed by atoms with Crippen molar-refractivity contribution in [3.05, 3.63) is 88.6 Å². The zero-order valence-electron chi connectivity index (χ0n) is 21.7. The van der Waals surface area contributed by atoms with Crippen molar-refractivity contribution in [2.45, 2.75) is 19.9 Å². The molecule has 0 bridgehead atoms. The minimum atomic E-state index is -1.00. The average Bonchev–Trinajstić information content (AvgIpc) is 2.96. The van der Waals surface area contributed by atoms with Crippen molar-refractivity contribution in [3.63, 3.8) is 0 Å². The van der Waals surface area contributed by atoms with Crippen LogP contribution < -0.4 is 15.1 Å². The first-order valence-corrected chi connectivity index (χ1v) is 12.7. The second-order valence-electron chi connectivity index (χ2n) is 9.55.